The second-order valence-corrected chi connectivity index (χ2v) is 6.75. The van der Waals surface area contributed by atoms with Crippen LogP contribution < -0.4 is 10.5 Å². The van der Waals surface area contributed by atoms with Crippen molar-refractivity contribution in [2.45, 2.75) is 31.9 Å². The molecule has 0 aliphatic carbocycles. The Morgan fingerprint density at radius 1 is 1.47 bits per heavy atom. The molecule has 0 spiro atoms. The molecule has 1 aliphatic heterocycles. The van der Waals surface area contributed by atoms with E-state index in [0.29, 0.717) is 18.9 Å². The Morgan fingerprint density at radius 3 is 2.65 bits per heavy atom. The van der Waals surface area contributed by atoms with Gasteiger partial charge in [-0.25, -0.2) is 13.1 Å². The second kappa shape index (κ2) is 6.68. The topological polar surface area (TPSA) is 75.4 Å². The average molecular weight is 263 g/mol. The quantitative estimate of drug-likeness (QED) is 0.677. The van der Waals surface area contributed by atoms with Crippen molar-refractivity contribution in [1.29, 1.82) is 0 Å². The summed E-state index contributed by atoms with van der Waals surface area (Å²) in [7, 11) is -3.23. The molecule has 17 heavy (non-hydrogen) atoms. The molecule has 0 radical (unpaired) electrons. The van der Waals surface area contributed by atoms with Gasteiger partial charge in [0.25, 0.3) is 0 Å². The van der Waals surface area contributed by atoms with E-state index in [9.17, 15) is 8.42 Å². The standard InChI is InChI=1S/C11H25N3O2S/c1-3-11(7-12)17(15,16)13-8-10-5-6-14(4-2)9-10/h10-11,13H,3-9,12H2,1-2H3. The molecule has 0 aromatic rings. The first-order valence-corrected chi connectivity index (χ1v) is 7.99. The van der Waals surface area contributed by atoms with Crippen molar-refractivity contribution in [1.82, 2.24) is 9.62 Å². The fourth-order valence-corrected chi connectivity index (χ4v) is 3.63. The van der Waals surface area contributed by atoms with Crippen molar-refractivity contribution in [3.05, 3.63) is 0 Å². The van der Waals surface area contributed by atoms with E-state index in [1.807, 2.05) is 6.92 Å². The normalized spacial score (nSPS) is 24.1. The van der Waals surface area contributed by atoms with Crippen molar-refractivity contribution in [2.24, 2.45) is 11.7 Å². The van der Waals surface area contributed by atoms with Gasteiger partial charge in [-0.1, -0.05) is 13.8 Å². The third-order valence-electron chi connectivity index (χ3n) is 3.55. The predicted octanol–water partition coefficient (Wildman–Crippen LogP) is -0.0151. The lowest BCUT2D eigenvalue weighted by Crippen LogP contribution is -2.41. The van der Waals surface area contributed by atoms with E-state index in [4.69, 9.17) is 5.73 Å². The molecule has 0 bridgehead atoms. The van der Waals surface area contributed by atoms with Crippen LogP contribution in [0, 0.1) is 5.92 Å². The van der Waals surface area contributed by atoms with Gasteiger partial charge in [0.15, 0.2) is 0 Å². The Morgan fingerprint density at radius 2 is 2.18 bits per heavy atom. The largest absolute Gasteiger partial charge is 0.329 e. The van der Waals surface area contributed by atoms with Gasteiger partial charge >= 0.3 is 0 Å². The van der Waals surface area contributed by atoms with Crippen LogP contribution in [0.5, 0.6) is 0 Å². The van der Waals surface area contributed by atoms with Gasteiger partial charge in [-0.2, -0.15) is 0 Å². The Labute approximate surface area is 105 Å². The lowest BCUT2D eigenvalue weighted by molar-refractivity contribution is 0.342. The maximum absolute atomic E-state index is 11.9. The fourth-order valence-electron chi connectivity index (χ4n) is 2.23. The van der Waals surface area contributed by atoms with E-state index < -0.39 is 15.3 Å². The molecule has 1 rings (SSSR count). The number of nitrogens with one attached hydrogen (secondary N) is 1. The Bertz CT molecular complexity index is 315. The molecular weight excluding hydrogens is 238 g/mol. The molecular formula is C11H25N3O2S. The van der Waals surface area contributed by atoms with Gasteiger partial charge < -0.3 is 10.6 Å². The summed E-state index contributed by atoms with van der Waals surface area (Å²) in [5.41, 5.74) is 5.47. The monoisotopic (exact) mass is 263 g/mol. The number of nitrogens with two attached hydrogens (primary N) is 1. The summed E-state index contributed by atoms with van der Waals surface area (Å²) in [6.07, 6.45) is 1.65. The van der Waals surface area contributed by atoms with Gasteiger partial charge in [0.05, 0.1) is 5.25 Å². The summed E-state index contributed by atoms with van der Waals surface area (Å²) >= 11 is 0. The van der Waals surface area contributed by atoms with Crippen LogP contribution in [0.3, 0.4) is 0 Å². The zero-order chi connectivity index (χ0) is 12.9. The second-order valence-electron chi connectivity index (χ2n) is 4.71. The van der Waals surface area contributed by atoms with Crippen LogP contribution in [0.4, 0.5) is 0 Å². The molecule has 0 saturated carbocycles. The molecule has 3 N–H and O–H groups in total. The van der Waals surface area contributed by atoms with Crippen LogP contribution in [0.1, 0.15) is 26.7 Å². The number of sulfonamides is 1. The molecule has 0 aromatic heterocycles. The summed E-state index contributed by atoms with van der Waals surface area (Å²) in [4.78, 5) is 2.35. The SMILES string of the molecule is CCC(CN)S(=O)(=O)NCC1CCN(CC)C1. The van der Waals surface area contributed by atoms with Gasteiger partial charge in [-0.15, -0.1) is 0 Å². The van der Waals surface area contributed by atoms with Gasteiger partial charge in [-0.3, -0.25) is 0 Å². The first-order chi connectivity index (χ1) is 8.03. The van der Waals surface area contributed by atoms with Crippen LogP contribution in [0.25, 0.3) is 0 Å². The van der Waals surface area contributed by atoms with E-state index in [-0.39, 0.29) is 6.54 Å². The molecule has 6 heteroatoms. The summed E-state index contributed by atoms with van der Waals surface area (Å²) in [6.45, 7) is 7.85. The molecule has 1 heterocycles. The van der Waals surface area contributed by atoms with E-state index in [2.05, 4.69) is 16.5 Å². The van der Waals surface area contributed by atoms with Gasteiger partial charge in [-0.05, 0) is 31.8 Å². The summed E-state index contributed by atoms with van der Waals surface area (Å²) in [5, 5.41) is -0.453. The number of nitrogens with zero attached hydrogens (tertiary/aromatic N) is 1. The molecule has 102 valence electrons. The molecule has 2 atom stereocenters. The summed E-state index contributed by atoms with van der Waals surface area (Å²) in [6, 6.07) is 0. The number of hydrogen-bond acceptors (Lipinski definition) is 4. The first-order valence-electron chi connectivity index (χ1n) is 6.44. The lowest BCUT2D eigenvalue weighted by atomic mass is 10.1. The Balaban J connectivity index is 2.40. The molecule has 0 amide bonds. The van der Waals surface area contributed by atoms with Gasteiger partial charge in [0, 0.05) is 19.6 Å². The Hall–Kier alpha value is -0.170. The maximum Gasteiger partial charge on any atom is 0.215 e. The van der Waals surface area contributed by atoms with Crippen molar-refractivity contribution in [2.75, 3.05) is 32.7 Å². The fraction of sp³-hybridized carbons (Fsp3) is 1.00. The maximum atomic E-state index is 11.9. The van der Waals surface area contributed by atoms with Crippen LogP contribution in [-0.4, -0.2) is 51.3 Å². The number of hydrogen-bond donors (Lipinski definition) is 2. The molecule has 0 aromatic carbocycles. The van der Waals surface area contributed by atoms with Gasteiger partial charge in [0.2, 0.25) is 10.0 Å². The highest BCUT2D eigenvalue weighted by molar-refractivity contribution is 7.90. The number of rotatable bonds is 7. The lowest BCUT2D eigenvalue weighted by Gasteiger charge is -2.17. The number of likely N-dealkylation sites (tertiary alicyclic amines) is 1. The Kier molecular flexibility index (Phi) is 5.85. The molecule has 1 aliphatic rings. The third kappa shape index (κ3) is 4.21. The van der Waals surface area contributed by atoms with E-state index in [0.717, 1.165) is 26.1 Å². The van der Waals surface area contributed by atoms with Crippen molar-refractivity contribution < 1.29 is 8.42 Å². The van der Waals surface area contributed by atoms with E-state index in [1.54, 1.807) is 0 Å². The zero-order valence-corrected chi connectivity index (χ0v) is 11.7. The molecule has 1 fully saturated rings. The molecule has 1 saturated heterocycles. The van der Waals surface area contributed by atoms with Crippen LogP contribution >= 0.6 is 0 Å². The summed E-state index contributed by atoms with van der Waals surface area (Å²) in [5.74, 6) is 0.444. The van der Waals surface area contributed by atoms with Crippen LogP contribution in [0.2, 0.25) is 0 Å². The van der Waals surface area contributed by atoms with Crippen LogP contribution in [0.15, 0.2) is 0 Å². The highest BCUT2D eigenvalue weighted by Gasteiger charge is 2.26. The minimum atomic E-state index is -3.23. The third-order valence-corrected chi connectivity index (χ3v) is 5.52. The van der Waals surface area contributed by atoms with Crippen molar-refractivity contribution in [3.8, 4) is 0 Å². The van der Waals surface area contributed by atoms with Crippen molar-refractivity contribution in [3.63, 3.8) is 0 Å². The molecule has 2 unspecified atom stereocenters. The van der Waals surface area contributed by atoms with E-state index >= 15 is 0 Å². The average Bonchev–Trinajstić information content (AvgIpc) is 2.75. The van der Waals surface area contributed by atoms with Gasteiger partial charge in [0.1, 0.15) is 0 Å². The minimum absolute atomic E-state index is 0.192. The highest BCUT2D eigenvalue weighted by Crippen LogP contribution is 2.15. The smallest absolute Gasteiger partial charge is 0.215 e. The molecule has 5 nitrogen and oxygen atoms in total. The van der Waals surface area contributed by atoms with E-state index in [1.165, 1.54) is 0 Å². The first kappa shape index (κ1) is 14.9. The summed E-state index contributed by atoms with van der Waals surface area (Å²) < 4.78 is 26.5. The zero-order valence-electron chi connectivity index (χ0n) is 10.9. The van der Waals surface area contributed by atoms with Crippen molar-refractivity contribution >= 4 is 10.0 Å². The predicted molar refractivity (Wildman–Crippen MR) is 70.3 cm³/mol. The minimum Gasteiger partial charge on any atom is -0.329 e. The highest BCUT2D eigenvalue weighted by atomic mass is 32.2. The van der Waals surface area contributed by atoms with Crippen LogP contribution in [-0.2, 0) is 10.0 Å².